The van der Waals surface area contributed by atoms with Crippen molar-refractivity contribution in [3.05, 3.63) is 66.4 Å². The highest BCUT2D eigenvalue weighted by Crippen LogP contribution is 2.23. The fourth-order valence-electron chi connectivity index (χ4n) is 2.49. The van der Waals surface area contributed by atoms with E-state index < -0.39 is 0 Å². The lowest BCUT2D eigenvalue weighted by Crippen LogP contribution is -2.01. The topological polar surface area (TPSA) is 72.5 Å². The first-order valence-electron chi connectivity index (χ1n) is 7.33. The van der Waals surface area contributed by atoms with E-state index in [0.29, 0.717) is 18.1 Å². The molecule has 0 spiro atoms. The normalized spacial score (nSPS) is 11.0. The second-order valence-electron chi connectivity index (χ2n) is 5.32. The van der Waals surface area contributed by atoms with Crippen molar-refractivity contribution in [2.45, 2.75) is 13.5 Å². The molecule has 0 saturated carbocycles. The summed E-state index contributed by atoms with van der Waals surface area (Å²) in [6, 6.07) is 11.8. The minimum Gasteiger partial charge on any atom is -0.444 e. The van der Waals surface area contributed by atoms with Gasteiger partial charge in [-0.15, -0.1) is 0 Å². The SMILES string of the molecule is Cc1cc(Cn2ccnc2-c2coc(-c3ccccc3)n2)n[nH]1. The first-order chi connectivity index (χ1) is 11.3. The van der Waals surface area contributed by atoms with Crippen LogP contribution < -0.4 is 0 Å². The quantitative estimate of drug-likeness (QED) is 0.628. The number of benzene rings is 1. The van der Waals surface area contributed by atoms with Crippen LogP contribution in [0.3, 0.4) is 0 Å². The number of H-pyrrole nitrogens is 1. The van der Waals surface area contributed by atoms with Gasteiger partial charge in [-0.05, 0) is 25.1 Å². The van der Waals surface area contributed by atoms with Gasteiger partial charge in [0.15, 0.2) is 5.82 Å². The van der Waals surface area contributed by atoms with Crippen LogP contribution in [0.25, 0.3) is 23.0 Å². The zero-order valence-electron chi connectivity index (χ0n) is 12.6. The zero-order chi connectivity index (χ0) is 15.6. The van der Waals surface area contributed by atoms with E-state index in [0.717, 1.165) is 22.8 Å². The second kappa shape index (κ2) is 5.57. The predicted octanol–water partition coefficient (Wildman–Crippen LogP) is 3.28. The highest BCUT2D eigenvalue weighted by atomic mass is 16.3. The Kier molecular flexibility index (Phi) is 3.27. The van der Waals surface area contributed by atoms with Gasteiger partial charge in [0.1, 0.15) is 12.0 Å². The van der Waals surface area contributed by atoms with Gasteiger partial charge in [-0.25, -0.2) is 9.97 Å². The molecule has 4 aromatic rings. The van der Waals surface area contributed by atoms with E-state index in [-0.39, 0.29) is 0 Å². The van der Waals surface area contributed by atoms with Gasteiger partial charge < -0.3 is 8.98 Å². The van der Waals surface area contributed by atoms with E-state index >= 15 is 0 Å². The van der Waals surface area contributed by atoms with Crippen LogP contribution in [0.5, 0.6) is 0 Å². The van der Waals surface area contributed by atoms with Crippen LogP contribution in [0, 0.1) is 6.92 Å². The number of rotatable bonds is 4. The van der Waals surface area contributed by atoms with Crippen molar-refractivity contribution >= 4 is 0 Å². The number of hydrogen-bond acceptors (Lipinski definition) is 4. The number of nitrogens with one attached hydrogen (secondary N) is 1. The molecule has 1 aromatic carbocycles. The fourth-order valence-corrected chi connectivity index (χ4v) is 2.49. The number of oxazole rings is 1. The van der Waals surface area contributed by atoms with Gasteiger partial charge in [0.25, 0.3) is 0 Å². The molecule has 0 fully saturated rings. The zero-order valence-corrected chi connectivity index (χ0v) is 12.6. The monoisotopic (exact) mass is 305 g/mol. The largest absolute Gasteiger partial charge is 0.444 e. The minimum absolute atomic E-state index is 0.589. The van der Waals surface area contributed by atoms with E-state index in [9.17, 15) is 0 Å². The van der Waals surface area contributed by atoms with Gasteiger partial charge in [-0.1, -0.05) is 18.2 Å². The third-order valence-corrected chi connectivity index (χ3v) is 3.56. The van der Waals surface area contributed by atoms with Gasteiger partial charge in [-0.2, -0.15) is 5.10 Å². The van der Waals surface area contributed by atoms with Crippen molar-refractivity contribution in [1.29, 1.82) is 0 Å². The van der Waals surface area contributed by atoms with Crippen LogP contribution in [0.2, 0.25) is 0 Å². The molecule has 0 aliphatic heterocycles. The predicted molar refractivity (Wildman–Crippen MR) is 85.6 cm³/mol. The maximum absolute atomic E-state index is 5.60. The smallest absolute Gasteiger partial charge is 0.226 e. The molecular weight excluding hydrogens is 290 g/mol. The number of nitrogens with zero attached hydrogens (tertiary/aromatic N) is 4. The Morgan fingerprint density at radius 1 is 1.22 bits per heavy atom. The third-order valence-electron chi connectivity index (χ3n) is 3.56. The first-order valence-corrected chi connectivity index (χ1v) is 7.33. The molecule has 0 unspecified atom stereocenters. The van der Waals surface area contributed by atoms with Crippen LogP contribution >= 0.6 is 0 Å². The van der Waals surface area contributed by atoms with E-state index in [1.54, 1.807) is 12.5 Å². The van der Waals surface area contributed by atoms with E-state index in [1.165, 1.54) is 0 Å². The van der Waals surface area contributed by atoms with Crippen LogP contribution in [-0.4, -0.2) is 24.7 Å². The maximum Gasteiger partial charge on any atom is 0.226 e. The number of aromatic amines is 1. The Morgan fingerprint density at radius 3 is 2.87 bits per heavy atom. The standard InChI is InChI=1S/C17H15N5O/c1-12-9-14(21-20-12)10-22-8-7-18-16(22)15-11-23-17(19-15)13-5-3-2-4-6-13/h2-9,11H,10H2,1H3,(H,20,21). The van der Waals surface area contributed by atoms with Crippen LogP contribution in [-0.2, 0) is 6.54 Å². The van der Waals surface area contributed by atoms with Crippen molar-refractivity contribution in [2.24, 2.45) is 0 Å². The molecule has 0 bridgehead atoms. The molecular formula is C17H15N5O. The average Bonchev–Trinajstić information content (AvgIpc) is 3.29. The number of aryl methyl sites for hydroxylation is 1. The molecule has 6 nitrogen and oxygen atoms in total. The molecule has 4 rings (SSSR count). The highest BCUT2D eigenvalue weighted by molar-refractivity contribution is 5.58. The second-order valence-corrected chi connectivity index (χ2v) is 5.32. The maximum atomic E-state index is 5.60. The van der Waals surface area contributed by atoms with Gasteiger partial charge in [-0.3, -0.25) is 5.10 Å². The summed E-state index contributed by atoms with van der Waals surface area (Å²) in [6.45, 7) is 2.61. The Morgan fingerprint density at radius 2 is 2.09 bits per heavy atom. The fraction of sp³-hybridized carbons (Fsp3) is 0.118. The molecule has 114 valence electrons. The summed E-state index contributed by atoms with van der Waals surface area (Å²) in [5.41, 5.74) is 3.64. The molecule has 0 saturated heterocycles. The van der Waals surface area contributed by atoms with E-state index in [4.69, 9.17) is 4.42 Å². The molecule has 0 atom stereocenters. The number of aromatic nitrogens is 5. The minimum atomic E-state index is 0.589. The van der Waals surface area contributed by atoms with Crippen molar-refractivity contribution in [2.75, 3.05) is 0 Å². The van der Waals surface area contributed by atoms with Gasteiger partial charge in [0.05, 0.1) is 12.2 Å². The summed E-state index contributed by atoms with van der Waals surface area (Å²) >= 11 is 0. The van der Waals surface area contributed by atoms with Crippen molar-refractivity contribution in [3.8, 4) is 23.0 Å². The molecule has 23 heavy (non-hydrogen) atoms. The van der Waals surface area contributed by atoms with Gasteiger partial charge in [0, 0.05) is 23.7 Å². The summed E-state index contributed by atoms with van der Waals surface area (Å²) < 4.78 is 7.60. The summed E-state index contributed by atoms with van der Waals surface area (Å²) in [5.74, 6) is 1.35. The Bertz CT molecular complexity index is 919. The molecule has 0 aliphatic rings. The van der Waals surface area contributed by atoms with E-state index in [2.05, 4.69) is 20.2 Å². The molecule has 1 N–H and O–H groups in total. The molecule has 3 aromatic heterocycles. The molecule has 3 heterocycles. The average molecular weight is 305 g/mol. The van der Waals surface area contributed by atoms with Crippen molar-refractivity contribution in [3.63, 3.8) is 0 Å². The van der Waals surface area contributed by atoms with Crippen LogP contribution in [0.15, 0.2) is 59.5 Å². The van der Waals surface area contributed by atoms with Crippen molar-refractivity contribution in [1.82, 2.24) is 24.7 Å². The molecule has 6 heteroatoms. The number of imidazole rings is 1. The summed E-state index contributed by atoms with van der Waals surface area (Å²) in [7, 11) is 0. The summed E-state index contributed by atoms with van der Waals surface area (Å²) in [5, 5.41) is 7.21. The molecule has 0 radical (unpaired) electrons. The highest BCUT2D eigenvalue weighted by Gasteiger charge is 2.13. The summed E-state index contributed by atoms with van der Waals surface area (Å²) in [4.78, 5) is 8.95. The Labute approximate surface area is 132 Å². The van der Waals surface area contributed by atoms with Gasteiger partial charge in [0.2, 0.25) is 5.89 Å². The molecule has 0 aliphatic carbocycles. The Hall–Kier alpha value is -3.15. The first kappa shape index (κ1) is 13.5. The van der Waals surface area contributed by atoms with E-state index in [1.807, 2.05) is 54.1 Å². The van der Waals surface area contributed by atoms with Gasteiger partial charge >= 0.3 is 0 Å². The lowest BCUT2D eigenvalue weighted by molar-refractivity contribution is 0.574. The van der Waals surface area contributed by atoms with Crippen LogP contribution in [0.1, 0.15) is 11.4 Å². The third kappa shape index (κ3) is 2.66. The summed E-state index contributed by atoms with van der Waals surface area (Å²) in [6.07, 6.45) is 5.30. The molecule has 0 amide bonds. The Balaban J connectivity index is 1.64. The van der Waals surface area contributed by atoms with Crippen molar-refractivity contribution < 1.29 is 4.42 Å². The van der Waals surface area contributed by atoms with Crippen LogP contribution in [0.4, 0.5) is 0 Å². The lowest BCUT2D eigenvalue weighted by atomic mass is 10.2. The lowest BCUT2D eigenvalue weighted by Gasteiger charge is -2.02. The number of hydrogen-bond donors (Lipinski definition) is 1.